The van der Waals surface area contributed by atoms with Gasteiger partial charge in [-0.1, -0.05) is 50.6 Å². The molecule has 38 heavy (non-hydrogen) atoms. The smallest absolute Gasteiger partial charge is 0.326 e. The van der Waals surface area contributed by atoms with Gasteiger partial charge in [-0.3, -0.25) is 19.2 Å². The molecule has 0 saturated heterocycles. The molecule has 0 aliphatic carbocycles. The molecule has 1 heterocycles. The number of aromatic amines is 1. The Balaban J connectivity index is 2.18. The first-order chi connectivity index (χ1) is 18.0. The minimum atomic E-state index is -1.54. The zero-order chi connectivity index (χ0) is 28.2. The van der Waals surface area contributed by atoms with E-state index in [1.807, 2.05) is 0 Å². The number of carboxylic acid groups (broad SMARTS) is 2. The molecule has 0 bridgehead atoms. The number of rotatable bonds is 15. The Morgan fingerprint density at radius 2 is 1.58 bits per heavy atom. The van der Waals surface area contributed by atoms with Crippen molar-refractivity contribution in [3.8, 4) is 0 Å². The highest BCUT2D eigenvalue weighted by molar-refractivity contribution is 5.95. The second-order valence-corrected chi connectivity index (χ2v) is 9.01. The van der Waals surface area contributed by atoms with Gasteiger partial charge in [0.25, 0.3) is 0 Å². The maximum atomic E-state index is 13.1. The number of imidazole rings is 1. The van der Waals surface area contributed by atoms with Crippen molar-refractivity contribution in [3.05, 3.63) is 54.1 Å². The van der Waals surface area contributed by atoms with Crippen LogP contribution >= 0.6 is 0 Å². The molecule has 5 unspecified atom stereocenters. The molecular weight excluding hydrogens is 496 g/mol. The lowest BCUT2D eigenvalue weighted by molar-refractivity contribution is -0.144. The van der Waals surface area contributed by atoms with Crippen molar-refractivity contribution in [2.24, 2.45) is 11.7 Å². The fourth-order valence-corrected chi connectivity index (χ4v) is 3.66. The van der Waals surface area contributed by atoms with Crippen LogP contribution in [0.2, 0.25) is 0 Å². The van der Waals surface area contributed by atoms with Gasteiger partial charge in [-0.25, -0.2) is 9.78 Å². The molecular formula is C25H34N6O7. The van der Waals surface area contributed by atoms with Gasteiger partial charge in [-0.15, -0.1) is 0 Å². The van der Waals surface area contributed by atoms with E-state index in [1.165, 1.54) is 12.5 Å². The quantitative estimate of drug-likeness (QED) is 0.159. The molecule has 1 aromatic carbocycles. The van der Waals surface area contributed by atoms with E-state index in [-0.39, 0.29) is 12.8 Å². The lowest BCUT2D eigenvalue weighted by atomic mass is 9.98. The molecule has 0 aliphatic heterocycles. The Bertz CT molecular complexity index is 1090. The first-order valence-corrected chi connectivity index (χ1v) is 12.1. The minimum Gasteiger partial charge on any atom is -0.481 e. The fraction of sp³-hybridized carbons (Fsp3) is 0.440. The first-order valence-electron chi connectivity index (χ1n) is 12.1. The number of nitrogens with zero attached hydrogens (tertiary/aromatic N) is 1. The van der Waals surface area contributed by atoms with Crippen molar-refractivity contribution in [1.82, 2.24) is 25.9 Å². The Kier molecular flexibility index (Phi) is 11.4. The Labute approximate surface area is 219 Å². The van der Waals surface area contributed by atoms with Crippen molar-refractivity contribution in [2.45, 2.75) is 63.7 Å². The molecule has 13 heteroatoms. The minimum absolute atomic E-state index is 0.0916. The van der Waals surface area contributed by atoms with Crippen LogP contribution in [-0.4, -0.2) is 74.0 Å². The van der Waals surface area contributed by atoms with Crippen LogP contribution in [0.3, 0.4) is 0 Å². The molecule has 0 fully saturated rings. The summed E-state index contributed by atoms with van der Waals surface area (Å²) in [6, 6.07) is 3.82. The summed E-state index contributed by atoms with van der Waals surface area (Å²) in [4.78, 5) is 68.7. The zero-order valence-corrected chi connectivity index (χ0v) is 21.2. The number of carbonyl (C=O) groups is 5. The Hall–Kier alpha value is -4.26. The summed E-state index contributed by atoms with van der Waals surface area (Å²) in [5, 5.41) is 26.1. The van der Waals surface area contributed by atoms with Crippen molar-refractivity contribution in [3.63, 3.8) is 0 Å². The largest absolute Gasteiger partial charge is 0.481 e. The molecule has 13 nitrogen and oxygen atoms in total. The molecule has 3 amide bonds. The van der Waals surface area contributed by atoms with Crippen LogP contribution in [0.25, 0.3) is 0 Å². The number of nitrogens with two attached hydrogens (primary N) is 1. The third-order valence-corrected chi connectivity index (χ3v) is 6.04. The summed E-state index contributed by atoms with van der Waals surface area (Å²) < 4.78 is 0. The zero-order valence-electron chi connectivity index (χ0n) is 21.2. The molecule has 2 rings (SSSR count). The summed E-state index contributed by atoms with van der Waals surface area (Å²) in [6.45, 7) is 3.44. The molecule has 0 saturated carbocycles. The lowest BCUT2D eigenvalue weighted by Gasteiger charge is -2.26. The molecule has 206 valence electrons. The topological polar surface area (TPSA) is 217 Å². The number of benzene rings is 1. The standard InChI is InChI=1S/C25H34N6O7/c1-3-14(2)21(25(37)38)31-24(36)18(10-16-12-27-13-28-16)30-23(35)19(11-20(32)33)29-22(34)17(26)9-15-7-5-4-6-8-15/h4-8,12-14,17-19,21H,3,9-11,26H2,1-2H3,(H,27,28)(H,29,34)(H,30,35)(H,31,36)(H,32,33)(H,37,38). The van der Waals surface area contributed by atoms with Gasteiger partial charge in [-0.2, -0.15) is 0 Å². The number of hydrogen-bond acceptors (Lipinski definition) is 7. The number of aromatic nitrogens is 2. The highest BCUT2D eigenvalue weighted by Crippen LogP contribution is 2.10. The van der Waals surface area contributed by atoms with E-state index in [1.54, 1.807) is 44.2 Å². The van der Waals surface area contributed by atoms with Crippen LogP contribution in [0, 0.1) is 5.92 Å². The molecule has 2 aromatic rings. The number of amides is 3. The number of carboxylic acids is 2. The molecule has 8 N–H and O–H groups in total. The van der Waals surface area contributed by atoms with E-state index in [0.717, 1.165) is 5.56 Å². The van der Waals surface area contributed by atoms with E-state index >= 15 is 0 Å². The lowest BCUT2D eigenvalue weighted by Crippen LogP contribution is -2.58. The van der Waals surface area contributed by atoms with Crippen molar-refractivity contribution < 1.29 is 34.2 Å². The second kappa shape index (κ2) is 14.5. The predicted octanol–water partition coefficient (Wildman–Crippen LogP) is -0.418. The van der Waals surface area contributed by atoms with E-state index in [0.29, 0.717) is 12.1 Å². The van der Waals surface area contributed by atoms with Gasteiger partial charge >= 0.3 is 11.9 Å². The highest BCUT2D eigenvalue weighted by atomic mass is 16.4. The van der Waals surface area contributed by atoms with E-state index in [4.69, 9.17) is 5.73 Å². The SMILES string of the molecule is CCC(C)C(NC(=O)C(Cc1cnc[nH]1)NC(=O)C(CC(=O)O)NC(=O)C(N)Cc1ccccc1)C(=O)O. The normalized spacial score (nSPS) is 14.8. The number of carbonyl (C=O) groups excluding carboxylic acids is 3. The van der Waals surface area contributed by atoms with Crippen molar-refractivity contribution in [2.75, 3.05) is 0 Å². The maximum Gasteiger partial charge on any atom is 0.326 e. The van der Waals surface area contributed by atoms with Gasteiger partial charge < -0.3 is 36.9 Å². The van der Waals surface area contributed by atoms with Gasteiger partial charge in [0.2, 0.25) is 17.7 Å². The van der Waals surface area contributed by atoms with Gasteiger partial charge in [0.1, 0.15) is 18.1 Å². The molecule has 0 aliphatic rings. The molecule has 0 radical (unpaired) electrons. The second-order valence-electron chi connectivity index (χ2n) is 9.01. The summed E-state index contributed by atoms with van der Waals surface area (Å²) in [6.07, 6.45) is 2.57. The number of H-pyrrole nitrogens is 1. The van der Waals surface area contributed by atoms with Crippen LogP contribution in [0.5, 0.6) is 0 Å². The molecule has 0 spiro atoms. The van der Waals surface area contributed by atoms with Crippen molar-refractivity contribution in [1.29, 1.82) is 0 Å². The molecule has 1 aromatic heterocycles. The van der Waals surface area contributed by atoms with Gasteiger partial charge in [0, 0.05) is 18.3 Å². The van der Waals surface area contributed by atoms with E-state index < -0.39 is 66.2 Å². The monoisotopic (exact) mass is 530 g/mol. The van der Waals surface area contributed by atoms with Crippen LogP contribution in [0.1, 0.15) is 37.9 Å². The Morgan fingerprint density at radius 3 is 2.13 bits per heavy atom. The average Bonchev–Trinajstić information content (AvgIpc) is 3.39. The summed E-state index contributed by atoms with van der Waals surface area (Å²) >= 11 is 0. The van der Waals surface area contributed by atoms with Gasteiger partial charge in [-0.05, 0) is 17.9 Å². The average molecular weight is 531 g/mol. The summed E-state index contributed by atoms with van der Waals surface area (Å²) in [5.74, 6) is -5.47. The predicted molar refractivity (Wildman–Crippen MR) is 136 cm³/mol. The number of aliphatic carboxylic acids is 2. The van der Waals surface area contributed by atoms with Crippen molar-refractivity contribution >= 4 is 29.7 Å². The maximum absolute atomic E-state index is 13.1. The van der Waals surface area contributed by atoms with E-state index in [2.05, 4.69) is 25.9 Å². The number of nitrogens with one attached hydrogen (secondary N) is 4. The van der Waals surface area contributed by atoms with E-state index in [9.17, 15) is 34.2 Å². The van der Waals surface area contributed by atoms with Gasteiger partial charge in [0.15, 0.2) is 0 Å². The highest BCUT2D eigenvalue weighted by Gasteiger charge is 2.33. The van der Waals surface area contributed by atoms with Gasteiger partial charge in [0.05, 0.1) is 18.8 Å². The number of hydrogen-bond donors (Lipinski definition) is 7. The first kappa shape index (κ1) is 30.0. The van der Waals surface area contributed by atoms with Crippen LogP contribution in [0.15, 0.2) is 42.9 Å². The summed E-state index contributed by atoms with van der Waals surface area (Å²) in [7, 11) is 0. The third kappa shape index (κ3) is 9.32. The third-order valence-electron chi connectivity index (χ3n) is 6.04. The summed E-state index contributed by atoms with van der Waals surface area (Å²) in [5.41, 5.74) is 7.21. The van der Waals surface area contributed by atoms with Crippen LogP contribution in [0.4, 0.5) is 0 Å². The van der Waals surface area contributed by atoms with Crippen LogP contribution in [-0.2, 0) is 36.8 Å². The molecule has 5 atom stereocenters. The van der Waals surface area contributed by atoms with Crippen LogP contribution < -0.4 is 21.7 Å². The fourth-order valence-electron chi connectivity index (χ4n) is 3.66. The Morgan fingerprint density at radius 1 is 0.947 bits per heavy atom.